The lowest BCUT2D eigenvalue weighted by molar-refractivity contribution is 0.338. The van der Waals surface area contributed by atoms with Crippen LogP contribution in [0, 0.1) is 5.41 Å². The third-order valence-corrected chi connectivity index (χ3v) is 1.54. The molecule has 0 aliphatic rings. The molecule has 0 saturated heterocycles. The first kappa shape index (κ1) is 9.04. The monoisotopic (exact) mass is 165 g/mol. The summed E-state index contributed by atoms with van der Waals surface area (Å²) in [5.74, 6) is 0. The minimum absolute atomic E-state index is 0.0763. The second kappa shape index (κ2) is 3.13. The number of pyridine rings is 1. The standard InChI is InChI=1S/C10H15NO/c1-10(2,3)8-11-7-5-4-6-9(11)12/h4-7H,8H2,1-3H3. The summed E-state index contributed by atoms with van der Waals surface area (Å²) in [6.45, 7) is 7.12. The molecule has 0 spiro atoms. The van der Waals surface area contributed by atoms with Crippen molar-refractivity contribution < 1.29 is 0 Å². The summed E-state index contributed by atoms with van der Waals surface area (Å²) in [6.07, 6.45) is 1.83. The lowest BCUT2D eigenvalue weighted by Gasteiger charge is -2.19. The van der Waals surface area contributed by atoms with E-state index < -0.39 is 0 Å². The zero-order chi connectivity index (χ0) is 9.19. The molecule has 0 amide bonds. The van der Waals surface area contributed by atoms with E-state index >= 15 is 0 Å². The van der Waals surface area contributed by atoms with Gasteiger partial charge >= 0.3 is 0 Å². The van der Waals surface area contributed by atoms with E-state index in [9.17, 15) is 4.79 Å². The largest absolute Gasteiger partial charge is 0.315 e. The van der Waals surface area contributed by atoms with Crippen LogP contribution < -0.4 is 5.56 Å². The fourth-order valence-electron chi connectivity index (χ4n) is 1.10. The third-order valence-electron chi connectivity index (χ3n) is 1.54. The average Bonchev–Trinajstić information content (AvgIpc) is 1.91. The molecule has 1 aromatic rings. The van der Waals surface area contributed by atoms with Gasteiger partial charge in [-0.1, -0.05) is 26.8 Å². The molecule has 1 heterocycles. The summed E-state index contributed by atoms with van der Waals surface area (Å²) in [4.78, 5) is 11.3. The molecule has 2 heteroatoms. The zero-order valence-electron chi connectivity index (χ0n) is 7.87. The van der Waals surface area contributed by atoms with Crippen molar-refractivity contribution in [2.75, 3.05) is 0 Å². The fourth-order valence-corrected chi connectivity index (χ4v) is 1.10. The van der Waals surface area contributed by atoms with Crippen LogP contribution in [0.15, 0.2) is 29.2 Å². The van der Waals surface area contributed by atoms with Gasteiger partial charge in [-0.25, -0.2) is 0 Å². The molecule has 0 aliphatic heterocycles. The quantitative estimate of drug-likeness (QED) is 0.623. The molecule has 0 radical (unpaired) electrons. The maximum absolute atomic E-state index is 11.3. The number of aromatic nitrogens is 1. The Morgan fingerprint density at radius 1 is 1.33 bits per heavy atom. The van der Waals surface area contributed by atoms with Gasteiger partial charge in [-0.2, -0.15) is 0 Å². The van der Waals surface area contributed by atoms with Gasteiger partial charge in [0.15, 0.2) is 0 Å². The summed E-state index contributed by atoms with van der Waals surface area (Å²) in [7, 11) is 0. The summed E-state index contributed by atoms with van der Waals surface area (Å²) in [6, 6.07) is 5.24. The lowest BCUT2D eigenvalue weighted by Crippen LogP contribution is -2.25. The molecule has 1 rings (SSSR count). The van der Waals surface area contributed by atoms with Crippen molar-refractivity contribution in [3.63, 3.8) is 0 Å². The molecule has 0 atom stereocenters. The number of rotatable bonds is 1. The normalized spacial score (nSPS) is 11.6. The first-order valence-electron chi connectivity index (χ1n) is 4.14. The highest BCUT2D eigenvalue weighted by molar-refractivity contribution is 4.93. The van der Waals surface area contributed by atoms with Crippen LogP contribution in [-0.4, -0.2) is 4.57 Å². The Morgan fingerprint density at radius 3 is 2.50 bits per heavy atom. The van der Waals surface area contributed by atoms with E-state index in [4.69, 9.17) is 0 Å². The molecular weight excluding hydrogens is 150 g/mol. The number of nitrogens with zero attached hydrogens (tertiary/aromatic N) is 1. The maximum Gasteiger partial charge on any atom is 0.250 e. The molecule has 0 aromatic carbocycles. The van der Waals surface area contributed by atoms with Gasteiger partial charge in [0.05, 0.1) is 0 Å². The molecule has 0 saturated carbocycles. The van der Waals surface area contributed by atoms with Crippen LogP contribution in [0.5, 0.6) is 0 Å². The minimum Gasteiger partial charge on any atom is -0.315 e. The summed E-state index contributed by atoms with van der Waals surface area (Å²) < 4.78 is 1.74. The highest BCUT2D eigenvalue weighted by Crippen LogP contribution is 2.14. The van der Waals surface area contributed by atoms with Gasteiger partial charge in [-0.15, -0.1) is 0 Å². The molecular formula is C10H15NO. The van der Waals surface area contributed by atoms with E-state index in [1.54, 1.807) is 16.7 Å². The Morgan fingerprint density at radius 2 is 2.00 bits per heavy atom. The molecule has 2 nitrogen and oxygen atoms in total. The van der Waals surface area contributed by atoms with Crippen LogP contribution in [0.3, 0.4) is 0 Å². The van der Waals surface area contributed by atoms with Crippen LogP contribution in [0.4, 0.5) is 0 Å². The topological polar surface area (TPSA) is 22.0 Å². The van der Waals surface area contributed by atoms with E-state index in [-0.39, 0.29) is 11.0 Å². The highest BCUT2D eigenvalue weighted by Gasteiger charge is 2.10. The van der Waals surface area contributed by atoms with E-state index in [1.807, 2.05) is 12.3 Å². The Kier molecular flexibility index (Phi) is 2.36. The molecule has 1 aromatic heterocycles. The van der Waals surface area contributed by atoms with Crippen molar-refractivity contribution in [2.45, 2.75) is 27.3 Å². The number of hydrogen-bond donors (Lipinski definition) is 0. The van der Waals surface area contributed by atoms with Crippen molar-refractivity contribution in [3.05, 3.63) is 34.7 Å². The van der Waals surface area contributed by atoms with Crippen molar-refractivity contribution in [3.8, 4) is 0 Å². The molecule has 0 bridgehead atoms. The SMILES string of the molecule is CC(C)(C)Cn1ccccc1=O. The van der Waals surface area contributed by atoms with Gasteiger partial charge in [0.1, 0.15) is 0 Å². The van der Waals surface area contributed by atoms with Crippen LogP contribution >= 0.6 is 0 Å². The van der Waals surface area contributed by atoms with E-state index in [0.29, 0.717) is 0 Å². The Balaban J connectivity index is 2.91. The van der Waals surface area contributed by atoms with Crippen LogP contribution in [0.2, 0.25) is 0 Å². The lowest BCUT2D eigenvalue weighted by atomic mass is 9.97. The average molecular weight is 165 g/mol. The smallest absolute Gasteiger partial charge is 0.250 e. The van der Waals surface area contributed by atoms with Gasteiger partial charge in [-0.05, 0) is 11.5 Å². The van der Waals surface area contributed by atoms with Gasteiger partial charge in [0.25, 0.3) is 5.56 Å². The molecule has 12 heavy (non-hydrogen) atoms. The van der Waals surface area contributed by atoms with Crippen LogP contribution in [0.1, 0.15) is 20.8 Å². The molecule has 0 N–H and O–H groups in total. The van der Waals surface area contributed by atoms with Gasteiger partial charge in [0.2, 0.25) is 0 Å². The molecule has 66 valence electrons. The molecule has 0 unspecified atom stereocenters. The zero-order valence-corrected chi connectivity index (χ0v) is 7.87. The first-order valence-corrected chi connectivity index (χ1v) is 4.14. The Hall–Kier alpha value is -1.05. The fraction of sp³-hybridized carbons (Fsp3) is 0.500. The molecule has 0 aliphatic carbocycles. The third kappa shape index (κ3) is 2.53. The summed E-state index contributed by atoms with van der Waals surface area (Å²) in [5.41, 5.74) is 0.234. The molecule has 0 fully saturated rings. The van der Waals surface area contributed by atoms with Crippen LogP contribution in [0.25, 0.3) is 0 Å². The maximum atomic E-state index is 11.3. The van der Waals surface area contributed by atoms with Gasteiger partial charge < -0.3 is 4.57 Å². The van der Waals surface area contributed by atoms with Crippen molar-refractivity contribution in [1.29, 1.82) is 0 Å². The van der Waals surface area contributed by atoms with E-state index in [2.05, 4.69) is 20.8 Å². The van der Waals surface area contributed by atoms with E-state index in [1.165, 1.54) is 0 Å². The van der Waals surface area contributed by atoms with Crippen molar-refractivity contribution in [1.82, 2.24) is 4.57 Å². The Bertz CT molecular complexity index is 306. The minimum atomic E-state index is 0.0763. The van der Waals surface area contributed by atoms with Gasteiger partial charge in [0, 0.05) is 18.8 Å². The van der Waals surface area contributed by atoms with Crippen molar-refractivity contribution in [2.24, 2.45) is 5.41 Å². The predicted molar refractivity (Wildman–Crippen MR) is 50.2 cm³/mol. The highest BCUT2D eigenvalue weighted by atomic mass is 16.1. The summed E-state index contributed by atoms with van der Waals surface area (Å²) in [5, 5.41) is 0. The second-order valence-corrected chi connectivity index (χ2v) is 4.23. The second-order valence-electron chi connectivity index (χ2n) is 4.23. The van der Waals surface area contributed by atoms with Crippen molar-refractivity contribution >= 4 is 0 Å². The number of hydrogen-bond acceptors (Lipinski definition) is 1. The first-order chi connectivity index (χ1) is 5.49. The Labute approximate surface area is 72.8 Å². The summed E-state index contributed by atoms with van der Waals surface area (Å²) >= 11 is 0. The van der Waals surface area contributed by atoms with Crippen LogP contribution in [-0.2, 0) is 6.54 Å². The van der Waals surface area contributed by atoms with Gasteiger partial charge in [-0.3, -0.25) is 4.79 Å². The van der Waals surface area contributed by atoms with E-state index in [0.717, 1.165) is 6.54 Å². The predicted octanol–water partition coefficient (Wildman–Crippen LogP) is 1.89.